The first kappa shape index (κ1) is 13.3. The third kappa shape index (κ3) is 2.00. The molecule has 1 aliphatic heterocycles. The molecule has 0 radical (unpaired) electrons. The molecule has 0 spiro atoms. The van der Waals surface area contributed by atoms with Crippen LogP contribution < -0.4 is 15.2 Å². The van der Waals surface area contributed by atoms with E-state index in [-0.39, 0.29) is 23.9 Å². The number of benzene rings is 2. The zero-order chi connectivity index (χ0) is 16.0. The van der Waals surface area contributed by atoms with Gasteiger partial charge < -0.3 is 9.47 Å². The van der Waals surface area contributed by atoms with Crippen LogP contribution in [0.2, 0.25) is 0 Å². The van der Waals surface area contributed by atoms with Crippen LogP contribution in [-0.2, 0) is 0 Å². The lowest BCUT2D eigenvalue weighted by Gasteiger charge is -2.10. The van der Waals surface area contributed by atoms with Crippen molar-refractivity contribution in [3.05, 3.63) is 63.2 Å². The summed E-state index contributed by atoms with van der Waals surface area (Å²) in [6.45, 7) is -0.0153. The fourth-order valence-corrected chi connectivity index (χ4v) is 2.56. The van der Waals surface area contributed by atoms with Gasteiger partial charge in [-0.1, -0.05) is 18.2 Å². The molecule has 0 atom stereocenters. The maximum absolute atomic E-state index is 12.3. The van der Waals surface area contributed by atoms with E-state index in [2.05, 4.69) is 4.98 Å². The molecule has 0 amide bonds. The zero-order valence-electron chi connectivity index (χ0n) is 11.6. The lowest BCUT2D eigenvalue weighted by Crippen LogP contribution is -2.22. The molecule has 0 unspecified atom stereocenters. The van der Waals surface area contributed by atoms with Crippen molar-refractivity contribution in [2.75, 3.05) is 6.79 Å². The van der Waals surface area contributed by atoms with Gasteiger partial charge in [0.25, 0.3) is 5.69 Å². The van der Waals surface area contributed by atoms with Crippen molar-refractivity contribution in [1.82, 2.24) is 9.55 Å². The Morgan fingerprint density at radius 2 is 1.91 bits per heavy atom. The van der Waals surface area contributed by atoms with Crippen LogP contribution in [0.4, 0.5) is 5.69 Å². The lowest BCUT2D eigenvalue weighted by atomic mass is 10.2. The summed E-state index contributed by atoms with van der Waals surface area (Å²) in [4.78, 5) is 26.9. The van der Waals surface area contributed by atoms with Crippen LogP contribution in [-0.4, -0.2) is 21.3 Å². The molecule has 8 nitrogen and oxygen atoms in total. The van der Waals surface area contributed by atoms with Gasteiger partial charge in [0, 0.05) is 17.6 Å². The Balaban J connectivity index is 2.11. The molecule has 114 valence electrons. The highest BCUT2D eigenvalue weighted by atomic mass is 16.7. The fraction of sp³-hybridized carbons (Fsp3) is 0.0667. The smallest absolute Gasteiger partial charge is 0.352 e. The molecule has 3 aromatic rings. The summed E-state index contributed by atoms with van der Waals surface area (Å²) in [6, 6.07) is 9.70. The van der Waals surface area contributed by atoms with Crippen LogP contribution in [0.15, 0.2) is 47.4 Å². The molecular weight excluding hydrogens is 302 g/mol. The minimum atomic E-state index is -0.606. The van der Waals surface area contributed by atoms with Crippen LogP contribution in [0.3, 0.4) is 0 Å². The van der Waals surface area contributed by atoms with E-state index in [1.807, 2.05) is 0 Å². The molecule has 0 fully saturated rings. The number of para-hydroxylation sites is 1. The summed E-state index contributed by atoms with van der Waals surface area (Å²) in [7, 11) is 0. The van der Waals surface area contributed by atoms with Crippen molar-refractivity contribution in [3.8, 4) is 17.2 Å². The fourth-order valence-electron chi connectivity index (χ4n) is 2.56. The molecule has 0 saturated carbocycles. The topological polar surface area (TPSA) is 96.5 Å². The van der Waals surface area contributed by atoms with Crippen molar-refractivity contribution < 1.29 is 14.4 Å². The second-order valence-corrected chi connectivity index (χ2v) is 4.89. The number of rotatable bonds is 2. The van der Waals surface area contributed by atoms with Gasteiger partial charge in [-0.15, -0.1) is 0 Å². The molecule has 1 aromatic heterocycles. The standard InChI is InChI=1S/C15H9N3O5/c19-15-16-7-9-3-1-2-4-10(9)17(15)11-5-13-14(23-8-22-13)6-12(11)18(20)21/h1-7H,8H2. The lowest BCUT2D eigenvalue weighted by molar-refractivity contribution is -0.384. The number of aromatic nitrogens is 2. The number of ether oxygens (including phenoxy) is 2. The maximum atomic E-state index is 12.3. The summed E-state index contributed by atoms with van der Waals surface area (Å²) in [5, 5.41) is 12.1. The number of nitro benzene ring substituents is 1. The second-order valence-electron chi connectivity index (χ2n) is 4.89. The van der Waals surface area contributed by atoms with E-state index in [1.165, 1.54) is 22.9 Å². The van der Waals surface area contributed by atoms with Gasteiger partial charge in [-0.25, -0.2) is 9.78 Å². The van der Waals surface area contributed by atoms with Crippen molar-refractivity contribution in [1.29, 1.82) is 0 Å². The molecule has 23 heavy (non-hydrogen) atoms. The van der Waals surface area contributed by atoms with E-state index >= 15 is 0 Å². The third-order valence-electron chi connectivity index (χ3n) is 3.59. The molecule has 2 heterocycles. The first-order valence-corrected chi connectivity index (χ1v) is 6.70. The number of nitrogens with zero attached hydrogens (tertiary/aromatic N) is 3. The molecule has 2 aromatic carbocycles. The van der Waals surface area contributed by atoms with Crippen molar-refractivity contribution >= 4 is 16.6 Å². The van der Waals surface area contributed by atoms with Gasteiger partial charge in [-0.3, -0.25) is 14.7 Å². The highest BCUT2D eigenvalue weighted by molar-refractivity contribution is 5.81. The van der Waals surface area contributed by atoms with Gasteiger partial charge in [-0.05, 0) is 6.07 Å². The number of hydrogen-bond donors (Lipinski definition) is 0. The maximum Gasteiger partial charge on any atom is 0.352 e. The predicted octanol–water partition coefficient (Wildman–Crippen LogP) is 2.02. The summed E-state index contributed by atoms with van der Waals surface area (Å²) >= 11 is 0. The van der Waals surface area contributed by atoms with E-state index in [9.17, 15) is 14.9 Å². The van der Waals surface area contributed by atoms with Crippen LogP contribution in [0, 0.1) is 10.1 Å². The number of fused-ring (bicyclic) bond motifs is 2. The average Bonchev–Trinajstić information content (AvgIpc) is 3.01. The summed E-state index contributed by atoms with van der Waals surface area (Å²) < 4.78 is 11.6. The normalized spacial score (nSPS) is 12.5. The van der Waals surface area contributed by atoms with Gasteiger partial charge >= 0.3 is 5.69 Å². The number of nitro groups is 1. The molecule has 4 rings (SSSR count). The number of hydrogen-bond acceptors (Lipinski definition) is 6. The molecule has 0 bridgehead atoms. The Hall–Kier alpha value is -3.42. The zero-order valence-corrected chi connectivity index (χ0v) is 11.6. The monoisotopic (exact) mass is 311 g/mol. The summed E-state index contributed by atoms with van der Waals surface area (Å²) in [5.41, 5.74) is -0.247. The predicted molar refractivity (Wildman–Crippen MR) is 80.1 cm³/mol. The highest BCUT2D eigenvalue weighted by Crippen LogP contribution is 2.39. The van der Waals surface area contributed by atoms with Gasteiger partial charge in [0.15, 0.2) is 11.5 Å². The largest absolute Gasteiger partial charge is 0.454 e. The molecule has 1 aliphatic rings. The Labute approximate surface area is 128 Å². The molecular formula is C15H9N3O5. The minimum Gasteiger partial charge on any atom is -0.454 e. The Bertz CT molecular complexity index is 1010. The van der Waals surface area contributed by atoms with E-state index < -0.39 is 10.6 Å². The van der Waals surface area contributed by atoms with Gasteiger partial charge in [0.2, 0.25) is 6.79 Å². The van der Waals surface area contributed by atoms with E-state index in [1.54, 1.807) is 24.3 Å². The highest BCUT2D eigenvalue weighted by Gasteiger charge is 2.25. The molecule has 0 N–H and O–H groups in total. The second kappa shape index (κ2) is 4.80. The molecule has 0 saturated heterocycles. The quantitative estimate of drug-likeness (QED) is 0.530. The summed E-state index contributed by atoms with van der Waals surface area (Å²) in [5.74, 6) is 0.632. The van der Waals surface area contributed by atoms with Crippen LogP contribution >= 0.6 is 0 Å². The van der Waals surface area contributed by atoms with Crippen LogP contribution in [0.25, 0.3) is 16.6 Å². The first-order valence-electron chi connectivity index (χ1n) is 6.70. The third-order valence-corrected chi connectivity index (χ3v) is 3.59. The first-order chi connectivity index (χ1) is 11.1. The summed E-state index contributed by atoms with van der Waals surface area (Å²) in [6.07, 6.45) is 1.44. The molecule has 0 aliphatic carbocycles. The van der Waals surface area contributed by atoms with Crippen LogP contribution in [0.1, 0.15) is 0 Å². The Morgan fingerprint density at radius 3 is 2.70 bits per heavy atom. The van der Waals surface area contributed by atoms with Gasteiger partial charge in [0.1, 0.15) is 5.69 Å². The van der Waals surface area contributed by atoms with Gasteiger partial charge in [-0.2, -0.15) is 0 Å². The van der Waals surface area contributed by atoms with E-state index in [0.29, 0.717) is 16.7 Å². The average molecular weight is 311 g/mol. The van der Waals surface area contributed by atoms with Crippen molar-refractivity contribution in [2.24, 2.45) is 0 Å². The molecule has 8 heteroatoms. The van der Waals surface area contributed by atoms with Crippen LogP contribution in [0.5, 0.6) is 11.5 Å². The van der Waals surface area contributed by atoms with Crippen molar-refractivity contribution in [2.45, 2.75) is 0 Å². The Kier molecular flexibility index (Phi) is 2.77. The Morgan fingerprint density at radius 1 is 1.17 bits per heavy atom. The minimum absolute atomic E-state index is 0.0153. The van der Waals surface area contributed by atoms with E-state index in [0.717, 1.165) is 0 Å². The van der Waals surface area contributed by atoms with E-state index in [4.69, 9.17) is 9.47 Å². The van der Waals surface area contributed by atoms with Crippen molar-refractivity contribution in [3.63, 3.8) is 0 Å². The SMILES string of the molecule is O=c1ncc2ccccc2n1-c1cc2c(cc1[N+](=O)[O-])OCO2. The van der Waals surface area contributed by atoms with Gasteiger partial charge in [0.05, 0.1) is 16.5 Å².